The third-order valence-corrected chi connectivity index (χ3v) is 3.39. The summed E-state index contributed by atoms with van der Waals surface area (Å²) in [7, 11) is 0. The molecule has 2 heteroatoms. The summed E-state index contributed by atoms with van der Waals surface area (Å²) in [5.41, 5.74) is 1.38. The molecule has 86 valence electrons. The molecule has 0 spiro atoms. The minimum atomic E-state index is 0.116. The molecule has 2 unspecified atom stereocenters. The molecule has 0 saturated carbocycles. The van der Waals surface area contributed by atoms with E-state index in [1.807, 2.05) is 18.2 Å². The molecule has 1 nitrogen and oxygen atoms in total. The van der Waals surface area contributed by atoms with E-state index < -0.39 is 0 Å². The van der Waals surface area contributed by atoms with Gasteiger partial charge in [0.05, 0.1) is 5.38 Å². The van der Waals surface area contributed by atoms with E-state index in [-0.39, 0.29) is 5.38 Å². The van der Waals surface area contributed by atoms with Gasteiger partial charge in [0.25, 0.3) is 0 Å². The lowest BCUT2D eigenvalue weighted by atomic mass is 9.94. The highest BCUT2D eigenvalue weighted by Gasteiger charge is 2.12. The first kappa shape index (κ1) is 11.5. The van der Waals surface area contributed by atoms with Gasteiger partial charge in [0, 0.05) is 0 Å². The lowest BCUT2D eigenvalue weighted by molar-refractivity contribution is 0.325. The average Bonchev–Trinajstić information content (AvgIpc) is 2.27. The molecule has 2 atom stereocenters. The predicted octanol–water partition coefficient (Wildman–Crippen LogP) is 4.32. The fourth-order valence-corrected chi connectivity index (χ4v) is 1.92. The molecular weight excluding hydrogens is 220 g/mol. The lowest BCUT2D eigenvalue weighted by Gasteiger charge is -2.19. The number of hydrogen-bond acceptors (Lipinski definition) is 1. The van der Waals surface area contributed by atoms with Gasteiger partial charge < -0.3 is 4.74 Å². The Bertz CT molecular complexity index is 388. The van der Waals surface area contributed by atoms with Crippen molar-refractivity contribution in [3.05, 3.63) is 47.5 Å². The van der Waals surface area contributed by atoms with Gasteiger partial charge in [-0.25, -0.2) is 0 Å². The van der Waals surface area contributed by atoms with E-state index in [2.05, 4.69) is 26.0 Å². The van der Waals surface area contributed by atoms with Gasteiger partial charge >= 0.3 is 0 Å². The van der Waals surface area contributed by atoms with Crippen LogP contribution in [0, 0.1) is 5.92 Å². The number of allylic oxidation sites excluding steroid dienone is 6. The molecule has 16 heavy (non-hydrogen) atoms. The highest BCUT2D eigenvalue weighted by molar-refractivity contribution is 6.22. The summed E-state index contributed by atoms with van der Waals surface area (Å²) in [6.07, 6.45) is 12.1. The van der Waals surface area contributed by atoms with E-state index in [4.69, 9.17) is 16.3 Å². The van der Waals surface area contributed by atoms with Crippen LogP contribution in [0.2, 0.25) is 0 Å². The maximum atomic E-state index is 5.95. The molecule has 0 amide bonds. The first-order chi connectivity index (χ1) is 7.65. The maximum absolute atomic E-state index is 5.95. The molecule has 0 aromatic carbocycles. The van der Waals surface area contributed by atoms with Crippen LogP contribution in [0.4, 0.5) is 0 Å². The van der Waals surface area contributed by atoms with Crippen molar-refractivity contribution < 1.29 is 4.74 Å². The molecule has 0 radical (unpaired) electrons. The van der Waals surface area contributed by atoms with Crippen LogP contribution in [0.25, 0.3) is 0 Å². The maximum Gasteiger partial charge on any atom is 0.123 e. The molecular formula is C14H17ClO. The minimum Gasteiger partial charge on any atom is -0.458 e. The summed E-state index contributed by atoms with van der Waals surface area (Å²) in [4.78, 5) is 0. The van der Waals surface area contributed by atoms with Gasteiger partial charge in [-0.15, -0.1) is 11.6 Å². The minimum absolute atomic E-state index is 0.116. The van der Waals surface area contributed by atoms with E-state index >= 15 is 0 Å². The Morgan fingerprint density at radius 1 is 1.25 bits per heavy atom. The molecule has 2 aliphatic carbocycles. The van der Waals surface area contributed by atoms with Crippen molar-refractivity contribution in [2.45, 2.75) is 32.1 Å². The van der Waals surface area contributed by atoms with Crippen LogP contribution in [0.3, 0.4) is 0 Å². The predicted molar refractivity (Wildman–Crippen MR) is 68.2 cm³/mol. The van der Waals surface area contributed by atoms with Crippen LogP contribution in [-0.4, -0.2) is 5.38 Å². The second-order valence-corrected chi connectivity index (χ2v) is 5.01. The first-order valence-electron chi connectivity index (χ1n) is 5.74. The number of rotatable bonds is 2. The number of alkyl halides is 1. The summed E-state index contributed by atoms with van der Waals surface area (Å²) < 4.78 is 5.80. The van der Waals surface area contributed by atoms with Crippen molar-refractivity contribution in [2.75, 3.05) is 0 Å². The Kier molecular flexibility index (Phi) is 3.55. The largest absolute Gasteiger partial charge is 0.458 e. The van der Waals surface area contributed by atoms with Crippen molar-refractivity contribution in [3.63, 3.8) is 0 Å². The zero-order valence-corrected chi connectivity index (χ0v) is 10.5. The molecule has 0 aliphatic heterocycles. The Balaban J connectivity index is 1.99. The van der Waals surface area contributed by atoms with Gasteiger partial charge in [-0.3, -0.25) is 0 Å². The Hall–Kier alpha value is -0.950. The molecule has 0 N–H and O–H groups in total. The van der Waals surface area contributed by atoms with Crippen LogP contribution in [0.1, 0.15) is 26.7 Å². The van der Waals surface area contributed by atoms with Crippen LogP contribution >= 0.6 is 11.6 Å². The van der Waals surface area contributed by atoms with Crippen molar-refractivity contribution in [3.8, 4) is 0 Å². The Labute approximate surface area is 102 Å². The second kappa shape index (κ2) is 4.92. The molecule has 0 heterocycles. The number of hydrogen-bond donors (Lipinski definition) is 0. The second-order valence-electron chi connectivity index (χ2n) is 4.45. The number of halogens is 1. The summed E-state index contributed by atoms with van der Waals surface area (Å²) in [6.45, 7) is 4.39. The van der Waals surface area contributed by atoms with Crippen LogP contribution in [-0.2, 0) is 4.74 Å². The van der Waals surface area contributed by atoms with Crippen LogP contribution < -0.4 is 0 Å². The monoisotopic (exact) mass is 236 g/mol. The zero-order valence-electron chi connectivity index (χ0n) is 9.74. The average molecular weight is 237 g/mol. The molecule has 2 rings (SSSR count). The van der Waals surface area contributed by atoms with E-state index in [0.717, 1.165) is 24.4 Å². The summed E-state index contributed by atoms with van der Waals surface area (Å²) in [6, 6.07) is 0. The van der Waals surface area contributed by atoms with Crippen LogP contribution in [0.5, 0.6) is 0 Å². The van der Waals surface area contributed by atoms with Crippen LogP contribution in [0.15, 0.2) is 47.5 Å². The molecule has 0 aromatic heterocycles. The van der Waals surface area contributed by atoms with Crippen molar-refractivity contribution in [1.29, 1.82) is 0 Å². The Morgan fingerprint density at radius 3 is 2.62 bits per heavy atom. The molecule has 0 fully saturated rings. The summed E-state index contributed by atoms with van der Waals surface area (Å²) in [5.74, 6) is 2.50. The van der Waals surface area contributed by atoms with E-state index in [0.29, 0.717) is 5.92 Å². The first-order valence-corrected chi connectivity index (χ1v) is 6.17. The summed E-state index contributed by atoms with van der Waals surface area (Å²) >= 11 is 5.95. The lowest BCUT2D eigenvalue weighted by Crippen LogP contribution is -2.04. The molecule has 0 saturated heterocycles. The number of ether oxygens (including phenoxy) is 1. The Morgan fingerprint density at radius 2 is 2.00 bits per heavy atom. The third kappa shape index (κ3) is 2.79. The third-order valence-electron chi connectivity index (χ3n) is 3.07. The van der Waals surface area contributed by atoms with Gasteiger partial charge in [0.1, 0.15) is 11.5 Å². The fourth-order valence-electron chi connectivity index (χ4n) is 1.76. The van der Waals surface area contributed by atoms with E-state index in [1.165, 1.54) is 5.57 Å². The SMILES string of the molecule is CC1=CC(OC2=CCC(Cl)C=C2)=CCC1C. The van der Waals surface area contributed by atoms with Gasteiger partial charge in [-0.1, -0.05) is 18.6 Å². The molecule has 0 bridgehead atoms. The topological polar surface area (TPSA) is 9.23 Å². The smallest absolute Gasteiger partial charge is 0.123 e. The highest BCUT2D eigenvalue weighted by atomic mass is 35.5. The summed E-state index contributed by atoms with van der Waals surface area (Å²) in [5, 5.41) is 0.116. The van der Waals surface area contributed by atoms with E-state index in [9.17, 15) is 0 Å². The fraction of sp³-hybridized carbons (Fsp3) is 0.429. The van der Waals surface area contributed by atoms with Gasteiger partial charge in [-0.2, -0.15) is 0 Å². The van der Waals surface area contributed by atoms with Crippen molar-refractivity contribution in [2.24, 2.45) is 5.92 Å². The quantitative estimate of drug-likeness (QED) is 0.649. The van der Waals surface area contributed by atoms with Gasteiger partial charge in [0.15, 0.2) is 0 Å². The highest BCUT2D eigenvalue weighted by Crippen LogP contribution is 2.26. The standard InChI is InChI=1S/C14H17ClO/c1-10-3-6-14(9-11(10)2)16-13-7-4-12(15)5-8-13/h4,6-10,12H,3,5H2,1-2H3. The normalized spacial score (nSPS) is 29.3. The van der Waals surface area contributed by atoms with Crippen molar-refractivity contribution in [1.82, 2.24) is 0 Å². The van der Waals surface area contributed by atoms with Gasteiger partial charge in [0.2, 0.25) is 0 Å². The van der Waals surface area contributed by atoms with Gasteiger partial charge in [-0.05, 0) is 50.0 Å². The zero-order chi connectivity index (χ0) is 11.5. The molecule has 0 aromatic rings. The van der Waals surface area contributed by atoms with Crippen molar-refractivity contribution >= 4 is 11.6 Å². The molecule has 2 aliphatic rings. The van der Waals surface area contributed by atoms with E-state index in [1.54, 1.807) is 0 Å².